The molecule has 0 aromatic carbocycles. The van der Waals surface area contributed by atoms with Crippen molar-refractivity contribution >= 4 is 21.4 Å². The Labute approximate surface area is 131 Å². The molecule has 1 saturated heterocycles. The van der Waals surface area contributed by atoms with Crippen LogP contribution in [0.4, 0.5) is 0 Å². The summed E-state index contributed by atoms with van der Waals surface area (Å²) >= 11 is 1.53. The lowest BCUT2D eigenvalue weighted by Crippen LogP contribution is -2.49. The lowest BCUT2D eigenvalue weighted by Gasteiger charge is -2.34. The highest BCUT2D eigenvalue weighted by Gasteiger charge is 2.36. The van der Waals surface area contributed by atoms with Crippen LogP contribution in [0.3, 0.4) is 0 Å². The van der Waals surface area contributed by atoms with E-state index in [-0.39, 0.29) is 0 Å². The molecule has 1 aromatic rings. The van der Waals surface area contributed by atoms with Crippen LogP contribution >= 0.6 is 11.3 Å². The number of aryl methyl sites for hydroxylation is 1. The monoisotopic (exact) mass is 329 g/mol. The number of thiophene rings is 1. The van der Waals surface area contributed by atoms with Gasteiger partial charge in [0.15, 0.2) is 0 Å². The zero-order chi connectivity index (χ0) is 15.0. The average molecular weight is 329 g/mol. The van der Waals surface area contributed by atoms with Gasteiger partial charge in [-0.25, -0.2) is 8.42 Å². The van der Waals surface area contributed by atoms with Crippen LogP contribution in [0, 0.1) is 6.92 Å². The molecule has 0 unspecified atom stereocenters. The van der Waals surface area contributed by atoms with Gasteiger partial charge in [0.05, 0.1) is 0 Å². The Hall–Kier alpha value is -0.470. The van der Waals surface area contributed by atoms with Crippen molar-refractivity contribution in [3.63, 3.8) is 0 Å². The van der Waals surface area contributed by atoms with Crippen LogP contribution in [-0.2, 0) is 16.6 Å². The zero-order valence-electron chi connectivity index (χ0n) is 12.6. The third-order valence-corrected chi connectivity index (χ3v) is 7.62. The maximum Gasteiger partial charge on any atom is 0.244 e. The summed E-state index contributed by atoms with van der Waals surface area (Å²) in [5, 5.41) is 5.01. The van der Waals surface area contributed by atoms with E-state index in [1.807, 2.05) is 19.4 Å². The fourth-order valence-corrected chi connectivity index (χ4v) is 6.19. The van der Waals surface area contributed by atoms with Crippen molar-refractivity contribution in [2.45, 2.75) is 37.2 Å². The number of hydrogen-bond donors (Lipinski definition) is 1. The molecule has 7 heteroatoms. The number of rotatable bonds is 5. The number of sulfonamides is 1. The van der Waals surface area contributed by atoms with Crippen molar-refractivity contribution in [1.29, 1.82) is 0 Å². The van der Waals surface area contributed by atoms with Crippen molar-refractivity contribution in [2.75, 3.05) is 33.2 Å². The van der Waals surface area contributed by atoms with Gasteiger partial charge in [-0.1, -0.05) is 0 Å². The van der Waals surface area contributed by atoms with Gasteiger partial charge < -0.3 is 5.32 Å². The molecule has 5 nitrogen and oxygen atoms in total. The summed E-state index contributed by atoms with van der Waals surface area (Å²) < 4.78 is 27.6. The van der Waals surface area contributed by atoms with E-state index in [0.717, 1.165) is 29.6 Å². The molecule has 1 aliphatic carbocycles. The molecular weight excluding hydrogens is 306 g/mol. The lowest BCUT2D eigenvalue weighted by atomic mass is 10.3. The van der Waals surface area contributed by atoms with E-state index in [1.54, 1.807) is 4.31 Å². The van der Waals surface area contributed by atoms with Gasteiger partial charge in [0.25, 0.3) is 0 Å². The van der Waals surface area contributed by atoms with Gasteiger partial charge in [0, 0.05) is 43.6 Å². The highest BCUT2D eigenvalue weighted by molar-refractivity contribution is 7.89. The summed E-state index contributed by atoms with van der Waals surface area (Å²) in [5.41, 5.74) is 0.870. The average Bonchev–Trinajstić information content (AvgIpc) is 3.24. The molecule has 1 aromatic heterocycles. The van der Waals surface area contributed by atoms with Gasteiger partial charge in [-0.15, -0.1) is 11.3 Å². The van der Waals surface area contributed by atoms with Crippen LogP contribution in [0.2, 0.25) is 0 Å². The Kier molecular flexibility index (Phi) is 4.38. The molecule has 2 aliphatic rings. The van der Waals surface area contributed by atoms with Gasteiger partial charge in [-0.3, -0.25) is 4.90 Å². The molecule has 0 radical (unpaired) electrons. The normalized spacial score (nSPS) is 21.8. The minimum Gasteiger partial charge on any atom is -0.315 e. The molecule has 2 fully saturated rings. The summed E-state index contributed by atoms with van der Waals surface area (Å²) in [7, 11) is -1.51. The summed E-state index contributed by atoms with van der Waals surface area (Å²) in [6.45, 7) is 5.47. The van der Waals surface area contributed by atoms with Gasteiger partial charge in [-0.2, -0.15) is 4.31 Å². The van der Waals surface area contributed by atoms with Crippen molar-refractivity contribution in [2.24, 2.45) is 0 Å². The first-order chi connectivity index (χ1) is 10.0. The second kappa shape index (κ2) is 5.96. The summed E-state index contributed by atoms with van der Waals surface area (Å²) in [6.07, 6.45) is 2.56. The smallest absolute Gasteiger partial charge is 0.244 e. The predicted octanol–water partition coefficient (Wildman–Crippen LogP) is 1.24. The van der Waals surface area contributed by atoms with E-state index >= 15 is 0 Å². The van der Waals surface area contributed by atoms with Crippen LogP contribution < -0.4 is 5.32 Å². The molecule has 0 amide bonds. The van der Waals surface area contributed by atoms with Crippen LogP contribution in [0.25, 0.3) is 0 Å². The third-order valence-electron chi connectivity index (χ3n) is 4.26. The molecule has 0 atom stereocenters. The molecular formula is C14H23N3O2S2. The highest BCUT2D eigenvalue weighted by Crippen LogP contribution is 2.32. The second-order valence-electron chi connectivity index (χ2n) is 5.87. The number of nitrogens with zero attached hydrogens (tertiary/aromatic N) is 2. The van der Waals surface area contributed by atoms with E-state index in [4.69, 9.17) is 0 Å². The van der Waals surface area contributed by atoms with E-state index in [1.165, 1.54) is 24.2 Å². The maximum atomic E-state index is 12.9. The summed E-state index contributed by atoms with van der Waals surface area (Å²) in [6, 6.07) is 0.720. The highest BCUT2D eigenvalue weighted by atomic mass is 32.2. The fourth-order valence-electron chi connectivity index (χ4n) is 2.99. The molecule has 2 heterocycles. The standard InChI is InChI=1S/C14H23N3O2S2/c1-11-10-20-13(9-15-2)14(11)21(18,19)17-7-5-16(6-8-17)12-3-4-12/h10,12,15H,3-9H2,1-2H3. The Balaban J connectivity index is 1.79. The van der Waals surface area contributed by atoms with E-state index in [9.17, 15) is 8.42 Å². The molecule has 1 N–H and O–H groups in total. The summed E-state index contributed by atoms with van der Waals surface area (Å²) in [5.74, 6) is 0. The lowest BCUT2D eigenvalue weighted by molar-refractivity contribution is 0.180. The Morgan fingerprint density at radius 2 is 1.95 bits per heavy atom. The van der Waals surface area contributed by atoms with Crippen LogP contribution in [0.15, 0.2) is 10.3 Å². The van der Waals surface area contributed by atoms with E-state index < -0.39 is 10.0 Å². The first-order valence-corrected chi connectivity index (χ1v) is 9.81. The van der Waals surface area contributed by atoms with Gasteiger partial charge in [-0.05, 0) is 37.8 Å². The van der Waals surface area contributed by atoms with Crippen molar-refractivity contribution in [1.82, 2.24) is 14.5 Å². The topological polar surface area (TPSA) is 52.7 Å². The molecule has 1 aliphatic heterocycles. The minimum absolute atomic E-state index is 0.529. The zero-order valence-corrected chi connectivity index (χ0v) is 14.3. The summed E-state index contributed by atoms with van der Waals surface area (Å²) in [4.78, 5) is 3.88. The largest absolute Gasteiger partial charge is 0.315 e. The fraction of sp³-hybridized carbons (Fsp3) is 0.714. The molecule has 21 heavy (non-hydrogen) atoms. The molecule has 1 saturated carbocycles. The van der Waals surface area contributed by atoms with Crippen LogP contribution in [0.1, 0.15) is 23.3 Å². The van der Waals surface area contributed by atoms with Crippen LogP contribution in [0.5, 0.6) is 0 Å². The van der Waals surface area contributed by atoms with E-state index in [2.05, 4.69) is 10.2 Å². The third kappa shape index (κ3) is 3.03. The molecule has 118 valence electrons. The number of hydrogen-bond acceptors (Lipinski definition) is 5. The predicted molar refractivity (Wildman–Crippen MR) is 85.2 cm³/mol. The van der Waals surface area contributed by atoms with Gasteiger partial charge >= 0.3 is 0 Å². The van der Waals surface area contributed by atoms with Gasteiger partial charge in [0.2, 0.25) is 10.0 Å². The second-order valence-corrected chi connectivity index (χ2v) is 8.71. The van der Waals surface area contributed by atoms with Crippen LogP contribution in [-0.4, -0.2) is 56.9 Å². The molecule has 0 spiro atoms. The van der Waals surface area contributed by atoms with Crippen molar-refractivity contribution in [3.05, 3.63) is 15.8 Å². The minimum atomic E-state index is -3.35. The first-order valence-electron chi connectivity index (χ1n) is 7.50. The van der Waals surface area contributed by atoms with Crippen molar-refractivity contribution in [3.8, 4) is 0 Å². The maximum absolute atomic E-state index is 12.9. The first kappa shape index (κ1) is 15.4. The quantitative estimate of drug-likeness (QED) is 0.883. The molecule has 3 rings (SSSR count). The number of nitrogens with one attached hydrogen (secondary N) is 1. The Morgan fingerprint density at radius 1 is 1.29 bits per heavy atom. The van der Waals surface area contributed by atoms with Gasteiger partial charge in [0.1, 0.15) is 4.90 Å². The number of piperazine rings is 1. The molecule has 0 bridgehead atoms. The Bertz CT molecular complexity index is 600. The van der Waals surface area contributed by atoms with Crippen molar-refractivity contribution < 1.29 is 8.42 Å². The SMILES string of the molecule is CNCc1scc(C)c1S(=O)(=O)N1CCN(C2CC2)CC1. The van der Waals surface area contributed by atoms with E-state index in [0.29, 0.717) is 24.5 Å². The Morgan fingerprint density at radius 3 is 2.52 bits per heavy atom.